The van der Waals surface area contributed by atoms with Gasteiger partial charge in [-0.15, -0.1) is 0 Å². The minimum absolute atomic E-state index is 0.145. The van der Waals surface area contributed by atoms with E-state index in [0.717, 1.165) is 31.9 Å². The van der Waals surface area contributed by atoms with Crippen LogP contribution in [0, 0.1) is 0 Å². The second-order valence-electron chi connectivity index (χ2n) is 4.45. The van der Waals surface area contributed by atoms with E-state index in [2.05, 4.69) is 10.2 Å². The quantitative estimate of drug-likeness (QED) is 0.841. The van der Waals surface area contributed by atoms with E-state index in [1.54, 1.807) is 12.1 Å². The first kappa shape index (κ1) is 14.6. The Morgan fingerprint density at radius 2 is 1.84 bits per heavy atom. The molecule has 0 radical (unpaired) electrons. The smallest absolute Gasteiger partial charge is 0.238 e. The van der Waals surface area contributed by atoms with Gasteiger partial charge in [0.1, 0.15) is 0 Å². The van der Waals surface area contributed by atoms with E-state index in [9.17, 15) is 8.42 Å². The largest absolute Gasteiger partial charge is 0.384 e. The molecule has 106 valence electrons. The van der Waals surface area contributed by atoms with E-state index >= 15 is 0 Å². The van der Waals surface area contributed by atoms with Gasteiger partial charge < -0.3 is 5.32 Å². The molecule has 0 amide bonds. The second-order valence-corrected chi connectivity index (χ2v) is 7.24. The molecule has 1 saturated heterocycles. The third-order valence-corrected chi connectivity index (χ3v) is 4.92. The van der Waals surface area contributed by atoms with E-state index < -0.39 is 10.0 Å². The Labute approximate surface area is 118 Å². The van der Waals surface area contributed by atoms with Gasteiger partial charge in [0.25, 0.3) is 0 Å². The van der Waals surface area contributed by atoms with Crippen molar-refractivity contribution in [2.45, 2.75) is 4.90 Å². The zero-order valence-corrected chi connectivity index (χ0v) is 12.3. The molecule has 1 aromatic rings. The third kappa shape index (κ3) is 4.68. The fourth-order valence-corrected chi connectivity index (χ4v) is 3.44. The van der Waals surface area contributed by atoms with Gasteiger partial charge in [-0.2, -0.15) is 11.8 Å². The maximum absolute atomic E-state index is 11.1. The van der Waals surface area contributed by atoms with Crippen LogP contribution in [0.3, 0.4) is 0 Å². The normalized spacial score (nSPS) is 17.3. The lowest BCUT2D eigenvalue weighted by Crippen LogP contribution is -2.36. The number of nitrogens with one attached hydrogen (secondary N) is 1. The number of benzene rings is 1. The molecule has 5 nitrogen and oxygen atoms in total. The maximum atomic E-state index is 11.1. The molecular weight excluding hydrogens is 282 g/mol. The first-order valence-corrected chi connectivity index (χ1v) is 8.93. The molecule has 3 N–H and O–H groups in total. The van der Waals surface area contributed by atoms with Crippen LogP contribution in [-0.2, 0) is 10.0 Å². The van der Waals surface area contributed by atoms with E-state index in [4.69, 9.17) is 5.14 Å². The van der Waals surface area contributed by atoms with Crippen molar-refractivity contribution in [2.75, 3.05) is 43.0 Å². The summed E-state index contributed by atoms with van der Waals surface area (Å²) >= 11 is 2.00. The lowest BCUT2D eigenvalue weighted by atomic mass is 10.3. The second kappa shape index (κ2) is 6.60. The number of rotatable bonds is 5. The molecule has 1 aliphatic heterocycles. The summed E-state index contributed by atoms with van der Waals surface area (Å²) in [6.45, 7) is 4.17. The molecule has 0 bridgehead atoms. The molecule has 7 heteroatoms. The predicted octanol–water partition coefficient (Wildman–Crippen LogP) is 0.795. The Morgan fingerprint density at radius 1 is 1.21 bits per heavy atom. The molecule has 2 rings (SSSR count). The van der Waals surface area contributed by atoms with Crippen LogP contribution < -0.4 is 10.5 Å². The van der Waals surface area contributed by atoms with Gasteiger partial charge in [0.15, 0.2) is 0 Å². The Bertz CT molecular complexity index is 496. The van der Waals surface area contributed by atoms with Crippen molar-refractivity contribution in [3.05, 3.63) is 24.3 Å². The van der Waals surface area contributed by atoms with Crippen molar-refractivity contribution in [2.24, 2.45) is 5.14 Å². The fraction of sp³-hybridized carbons (Fsp3) is 0.500. The number of hydrogen-bond donors (Lipinski definition) is 2. The minimum Gasteiger partial charge on any atom is -0.384 e. The molecule has 0 aliphatic carbocycles. The van der Waals surface area contributed by atoms with Crippen molar-refractivity contribution >= 4 is 27.5 Å². The number of nitrogens with zero attached hydrogens (tertiary/aromatic N) is 1. The Hall–Kier alpha value is -0.760. The SMILES string of the molecule is NS(=O)(=O)c1ccc(NCCN2CCSCC2)cc1. The van der Waals surface area contributed by atoms with Crippen LogP contribution in [-0.4, -0.2) is 51.0 Å². The summed E-state index contributed by atoms with van der Waals surface area (Å²) in [5, 5.41) is 8.33. The Balaban J connectivity index is 1.80. The predicted molar refractivity (Wildman–Crippen MR) is 80.1 cm³/mol. The molecule has 19 heavy (non-hydrogen) atoms. The summed E-state index contributed by atoms with van der Waals surface area (Å²) < 4.78 is 22.2. The lowest BCUT2D eigenvalue weighted by Gasteiger charge is -2.26. The number of nitrogens with two attached hydrogens (primary N) is 1. The minimum atomic E-state index is -3.60. The number of primary sulfonamides is 1. The summed E-state index contributed by atoms with van der Waals surface area (Å²) in [6.07, 6.45) is 0. The van der Waals surface area contributed by atoms with Gasteiger partial charge in [0, 0.05) is 43.4 Å². The van der Waals surface area contributed by atoms with Crippen LogP contribution in [0.15, 0.2) is 29.2 Å². The van der Waals surface area contributed by atoms with Crippen molar-refractivity contribution < 1.29 is 8.42 Å². The van der Waals surface area contributed by atoms with Crippen molar-refractivity contribution in [1.82, 2.24) is 4.90 Å². The van der Waals surface area contributed by atoms with Gasteiger partial charge in [0.2, 0.25) is 10.0 Å². The van der Waals surface area contributed by atoms with Crippen molar-refractivity contribution in [1.29, 1.82) is 0 Å². The molecule has 0 saturated carbocycles. The van der Waals surface area contributed by atoms with E-state index in [1.807, 2.05) is 11.8 Å². The van der Waals surface area contributed by atoms with Crippen LogP contribution in [0.4, 0.5) is 5.69 Å². The lowest BCUT2D eigenvalue weighted by molar-refractivity contribution is 0.314. The topological polar surface area (TPSA) is 75.4 Å². The zero-order chi connectivity index (χ0) is 13.7. The van der Waals surface area contributed by atoms with E-state index in [0.29, 0.717) is 0 Å². The molecule has 1 aromatic carbocycles. The molecule has 0 spiro atoms. The summed E-state index contributed by atoms with van der Waals surface area (Å²) in [4.78, 5) is 2.58. The van der Waals surface area contributed by atoms with Gasteiger partial charge in [-0.25, -0.2) is 13.6 Å². The summed E-state index contributed by atoms with van der Waals surface area (Å²) in [6, 6.07) is 6.53. The van der Waals surface area contributed by atoms with Crippen LogP contribution in [0.2, 0.25) is 0 Å². The van der Waals surface area contributed by atoms with Gasteiger partial charge in [0.05, 0.1) is 4.90 Å². The highest BCUT2D eigenvalue weighted by atomic mass is 32.2. The third-order valence-electron chi connectivity index (χ3n) is 3.04. The average molecular weight is 301 g/mol. The summed E-state index contributed by atoms with van der Waals surface area (Å²) in [5.74, 6) is 2.42. The highest BCUT2D eigenvalue weighted by molar-refractivity contribution is 7.99. The summed E-state index contributed by atoms with van der Waals surface area (Å²) in [5.41, 5.74) is 0.916. The number of hydrogen-bond acceptors (Lipinski definition) is 5. The van der Waals surface area contributed by atoms with Crippen molar-refractivity contribution in [3.63, 3.8) is 0 Å². The molecular formula is C12H19N3O2S2. The molecule has 1 aliphatic rings. The highest BCUT2D eigenvalue weighted by Gasteiger charge is 2.09. The first-order chi connectivity index (χ1) is 9.05. The Morgan fingerprint density at radius 3 is 2.42 bits per heavy atom. The van der Waals surface area contributed by atoms with Gasteiger partial charge in [-0.05, 0) is 24.3 Å². The fourth-order valence-electron chi connectivity index (χ4n) is 1.95. The zero-order valence-electron chi connectivity index (χ0n) is 10.7. The van der Waals surface area contributed by atoms with Crippen molar-refractivity contribution in [3.8, 4) is 0 Å². The van der Waals surface area contributed by atoms with E-state index in [1.165, 1.54) is 23.6 Å². The van der Waals surface area contributed by atoms with Crippen LogP contribution in [0.25, 0.3) is 0 Å². The molecule has 0 aromatic heterocycles. The average Bonchev–Trinajstić information content (AvgIpc) is 2.39. The number of anilines is 1. The standard InChI is InChI=1S/C12H19N3O2S2/c13-19(16,17)12-3-1-11(2-4-12)14-5-6-15-7-9-18-10-8-15/h1-4,14H,5-10H2,(H2,13,16,17). The van der Waals surface area contributed by atoms with Gasteiger partial charge in [-0.3, -0.25) is 4.90 Å². The number of thioether (sulfide) groups is 1. The van der Waals surface area contributed by atoms with Crippen LogP contribution in [0.1, 0.15) is 0 Å². The Kier molecular flexibility index (Phi) is 5.09. The first-order valence-electron chi connectivity index (χ1n) is 6.22. The van der Waals surface area contributed by atoms with Gasteiger partial charge in [-0.1, -0.05) is 0 Å². The van der Waals surface area contributed by atoms with Crippen LogP contribution >= 0.6 is 11.8 Å². The molecule has 1 fully saturated rings. The summed E-state index contributed by atoms with van der Waals surface area (Å²) in [7, 11) is -3.60. The number of sulfonamides is 1. The maximum Gasteiger partial charge on any atom is 0.238 e. The molecule has 0 unspecified atom stereocenters. The van der Waals surface area contributed by atoms with Crippen LogP contribution in [0.5, 0.6) is 0 Å². The highest BCUT2D eigenvalue weighted by Crippen LogP contribution is 2.13. The molecule has 0 atom stereocenters. The molecule has 1 heterocycles. The monoisotopic (exact) mass is 301 g/mol. The van der Waals surface area contributed by atoms with E-state index in [-0.39, 0.29) is 4.90 Å². The van der Waals surface area contributed by atoms with Gasteiger partial charge >= 0.3 is 0 Å².